The summed E-state index contributed by atoms with van der Waals surface area (Å²) in [4.78, 5) is 0.328. The van der Waals surface area contributed by atoms with Crippen molar-refractivity contribution in [2.24, 2.45) is 11.7 Å². The highest BCUT2D eigenvalue weighted by atomic mass is 32.2. The summed E-state index contributed by atoms with van der Waals surface area (Å²) in [6.45, 7) is 3.79. The molecular formula is C9H19N3O3S2. The number of morpholine rings is 1. The van der Waals surface area contributed by atoms with Gasteiger partial charge in [-0.25, -0.2) is 0 Å². The van der Waals surface area contributed by atoms with Gasteiger partial charge < -0.3 is 10.5 Å². The van der Waals surface area contributed by atoms with Crippen molar-refractivity contribution in [3.63, 3.8) is 0 Å². The molecule has 0 aromatic heterocycles. The first-order valence-corrected chi connectivity index (χ1v) is 7.24. The number of rotatable bonds is 5. The van der Waals surface area contributed by atoms with Gasteiger partial charge >= 0.3 is 0 Å². The Bertz CT molecular complexity index is 366. The lowest BCUT2D eigenvalue weighted by atomic mass is 10.2. The van der Waals surface area contributed by atoms with E-state index in [1.807, 2.05) is 6.92 Å². The van der Waals surface area contributed by atoms with E-state index in [2.05, 4.69) is 0 Å². The Hall–Kier alpha value is -0.280. The average molecular weight is 281 g/mol. The molecule has 1 unspecified atom stereocenters. The lowest BCUT2D eigenvalue weighted by molar-refractivity contribution is 0.0705. The van der Waals surface area contributed by atoms with Gasteiger partial charge in [0.1, 0.15) is 0 Å². The van der Waals surface area contributed by atoms with Gasteiger partial charge in [0.15, 0.2) is 0 Å². The molecule has 1 saturated heterocycles. The van der Waals surface area contributed by atoms with Crippen molar-refractivity contribution in [2.75, 3.05) is 39.9 Å². The highest BCUT2D eigenvalue weighted by Gasteiger charge is 2.29. The van der Waals surface area contributed by atoms with Crippen LogP contribution in [0.15, 0.2) is 0 Å². The SMILES string of the molecule is CC(CN(C)S(=O)(=O)N1CCOCC1)C(N)=S. The third kappa shape index (κ3) is 3.85. The molecule has 100 valence electrons. The Morgan fingerprint density at radius 1 is 1.53 bits per heavy atom. The summed E-state index contributed by atoms with van der Waals surface area (Å²) in [5.41, 5.74) is 5.48. The van der Waals surface area contributed by atoms with Crippen molar-refractivity contribution < 1.29 is 13.2 Å². The molecule has 1 fully saturated rings. The minimum Gasteiger partial charge on any atom is -0.393 e. The van der Waals surface area contributed by atoms with E-state index in [9.17, 15) is 8.42 Å². The molecule has 1 aliphatic rings. The van der Waals surface area contributed by atoms with Crippen LogP contribution >= 0.6 is 12.2 Å². The summed E-state index contributed by atoms with van der Waals surface area (Å²) >= 11 is 4.84. The largest absolute Gasteiger partial charge is 0.393 e. The van der Waals surface area contributed by atoms with E-state index < -0.39 is 10.2 Å². The van der Waals surface area contributed by atoms with E-state index in [4.69, 9.17) is 22.7 Å². The molecule has 1 aliphatic heterocycles. The van der Waals surface area contributed by atoms with Gasteiger partial charge in [-0.05, 0) is 0 Å². The first kappa shape index (κ1) is 14.8. The van der Waals surface area contributed by atoms with Crippen LogP contribution in [0.25, 0.3) is 0 Å². The number of nitrogens with two attached hydrogens (primary N) is 1. The monoisotopic (exact) mass is 281 g/mol. The summed E-state index contributed by atoms with van der Waals surface area (Å²) in [6, 6.07) is 0. The smallest absolute Gasteiger partial charge is 0.281 e. The molecule has 0 amide bonds. The second kappa shape index (κ2) is 6.05. The van der Waals surface area contributed by atoms with Gasteiger partial charge in [-0.2, -0.15) is 17.0 Å². The fourth-order valence-corrected chi connectivity index (χ4v) is 3.04. The van der Waals surface area contributed by atoms with Crippen LogP contribution in [0.2, 0.25) is 0 Å². The summed E-state index contributed by atoms with van der Waals surface area (Å²) in [5, 5.41) is 0. The fraction of sp³-hybridized carbons (Fsp3) is 0.889. The molecule has 0 aromatic carbocycles. The first-order valence-electron chi connectivity index (χ1n) is 5.44. The van der Waals surface area contributed by atoms with Gasteiger partial charge in [-0.3, -0.25) is 0 Å². The molecule has 0 radical (unpaired) electrons. The van der Waals surface area contributed by atoms with E-state index >= 15 is 0 Å². The molecule has 0 aliphatic carbocycles. The molecule has 0 saturated carbocycles. The topological polar surface area (TPSA) is 75.9 Å². The van der Waals surface area contributed by atoms with Crippen LogP contribution < -0.4 is 5.73 Å². The number of ether oxygens (including phenoxy) is 1. The van der Waals surface area contributed by atoms with E-state index in [0.29, 0.717) is 37.8 Å². The van der Waals surface area contributed by atoms with Gasteiger partial charge in [0.2, 0.25) is 0 Å². The lowest BCUT2D eigenvalue weighted by Crippen LogP contribution is -2.48. The maximum Gasteiger partial charge on any atom is 0.281 e. The van der Waals surface area contributed by atoms with Gasteiger partial charge in [0.05, 0.1) is 18.2 Å². The van der Waals surface area contributed by atoms with Gasteiger partial charge in [0.25, 0.3) is 10.2 Å². The van der Waals surface area contributed by atoms with Crippen molar-refractivity contribution in [1.82, 2.24) is 8.61 Å². The Labute approximate surface area is 108 Å². The van der Waals surface area contributed by atoms with E-state index in [-0.39, 0.29) is 5.92 Å². The highest BCUT2D eigenvalue weighted by molar-refractivity contribution is 7.86. The molecule has 2 N–H and O–H groups in total. The zero-order chi connectivity index (χ0) is 13.1. The summed E-state index contributed by atoms with van der Waals surface area (Å²) in [6.07, 6.45) is 0. The predicted octanol–water partition coefficient (Wildman–Crippen LogP) is -0.583. The van der Waals surface area contributed by atoms with Gasteiger partial charge in [-0.1, -0.05) is 19.1 Å². The number of hydrogen-bond donors (Lipinski definition) is 1. The second-order valence-electron chi connectivity index (χ2n) is 4.10. The molecule has 0 aromatic rings. The standard InChI is InChI=1S/C9H19N3O3S2/c1-8(9(10)16)7-11(2)17(13,14)12-3-5-15-6-4-12/h8H,3-7H2,1-2H3,(H2,10,16). The Kier molecular flexibility index (Phi) is 5.26. The summed E-state index contributed by atoms with van der Waals surface area (Å²) in [7, 11) is -1.88. The van der Waals surface area contributed by atoms with Crippen molar-refractivity contribution in [3.8, 4) is 0 Å². The third-order valence-corrected chi connectivity index (χ3v) is 5.06. The van der Waals surface area contributed by atoms with E-state index in [1.54, 1.807) is 7.05 Å². The molecular weight excluding hydrogens is 262 g/mol. The molecule has 1 atom stereocenters. The Morgan fingerprint density at radius 2 is 2.06 bits per heavy atom. The maximum absolute atomic E-state index is 12.2. The summed E-state index contributed by atoms with van der Waals surface area (Å²) in [5.74, 6) is -0.134. The molecule has 1 rings (SSSR count). The second-order valence-corrected chi connectivity index (χ2v) is 6.61. The third-order valence-electron chi connectivity index (χ3n) is 2.71. The highest BCUT2D eigenvalue weighted by Crippen LogP contribution is 2.11. The zero-order valence-electron chi connectivity index (χ0n) is 10.1. The van der Waals surface area contributed by atoms with Crippen molar-refractivity contribution in [2.45, 2.75) is 6.92 Å². The van der Waals surface area contributed by atoms with E-state index in [0.717, 1.165) is 0 Å². The Balaban J connectivity index is 2.65. The zero-order valence-corrected chi connectivity index (χ0v) is 11.8. The van der Waals surface area contributed by atoms with Crippen LogP contribution in [-0.2, 0) is 14.9 Å². The molecule has 1 heterocycles. The average Bonchev–Trinajstić information content (AvgIpc) is 2.29. The lowest BCUT2D eigenvalue weighted by Gasteiger charge is -2.31. The number of nitrogens with zero attached hydrogens (tertiary/aromatic N) is 2. The molecule has 6 nitrogen and oxygen atoms in total. The first-order chi connectivity index (χ1) is 7.85. The minimum absolute atomic E-state index is 0.134. The maximum atomic E-state index is 12.2. The normalized spacial score (nSPS) is 20.4. The molecule has 0 bridgehead atoms. The van der Waals surface area contributed by atoms with E-state index in [1.165, 1.54) is 8.61 Å². The van der Waals surface area contributed by atoms with Crippen molar-refractivity contribution in [3.05, 3.63) is 0 Å². The molecule has 8 heteroatoms. The fourth-order valence-electron chi connectivity index (χ4n) is 1.54. The van der Waals surface area contributed by atoms with Crippen LogP contribution in [0.3, 0.4) is 0 Å². The van der Waals surface area contributed by atoms with Crippen molar-refractivity contribution in [1.29, 1.82) is 0 Å². The van der Waals surface area contributed by atoms with Crippen LogP contribution in [0.4, 0.5) is 0 Å². The van der Waals surface area contributed by atoms with Crippen LogP contribution in [0, 0.1) is 5.92 Å². The van der Waals surface area contributed by atoms with Crippen LogP contribution in [0.1, 0.15) is 6.92 Å². The molecule has 0 spiro atoms. The summed E-state index contributed by atoms with van der Waals surface area (Å²) < 4.78 is 32.2. The van der Waals surface area contributed by atoms with Crippen LogP contribution in [-0.4, -0.2) is 61.9 Å². The number of hydrogen-bond acceptors (Lipinski definition) is 4. The van der Waals surface area contributed by atoms with Gasteiger partial charge in [0, 0.05) is 32.6 Å². The predicted molar refractivity (Wildman–Crippen MR) is 69.9 cm³/mol. The quantitative estimate of drug-likeness (QED) is 0.682. The minimum atomic E-state index is -3.42. The number of thiocarbonyl (C=S) groups is 1. The molecule has 17 heavy (non-hydrogen) atoms. The van der Waals surface area contributed by atoms with Crippen molar-refractivity contribution >= 4 is 27.4 Å². The van der Waals surface area contributed by atoms with Gasteiger partial charge in [-0.15, -0.1) is 0 Å². The van der Waals surface area contributed by atoms with Crippen LogP contribution in [0.5, 0.6) is 0 Å². The Morgan fingerprint density at radius 3 is 2.53 bits per heavy atom.